The molecule has 0 aliphatic heterocycles. The molecule has 152 valence electrons. The standard InChI is InChI=1S/C14H23N5O8/c15-5-11(22)18-8(14(26)27)2-4-10(21)17-6-12(23)19-7(13(24)25)1-3-9(16)20/h7-8H,1-6,15H2,(H2,16,20)(H,17,21)(H,18,22)(H,19,23)(H,24,25)(H,26,27). The molecule has 4 amide bonds. The average molecular weight is 389 g/mol. The van der Waals surface area contributed by atoms with E-state index in [4.69, 9.17) is 21.7 Å². The Hall–Kier alpha value is -3.22. The van der Waals surface area contributed by atoms with Gasteiger partial charge in [-0.3, -0.25) is 19.2 Å². The summed E-state index contributed by atoms with van der Waals surface area (Å²) in [6.45, 7) is -0.956. The summed E-state index contributed by atoms with van der Waals surface area (Å²) in [4.78, 5) is 67.1. The molecule has 13 nitrogen and oxygen atoms in total. The van der Waals surface area contributed by atoms with E-state index in [0.717, 1.165) is 0 Å². The zero-order valence-corrected chi connectivity index (χ0v) is 14.4. The normalized spacial score (nSPS) is 12.3. The van der Waals surface area contributed by atoms with E-state index in [2.05, 4.69) is 16.0 Å². The maximum atomic E-state index is 11.7. The number of carboxylic acids is 2. The molecule has 2 atom stereocenters. The Morgan fingerprint density at radius 2 is 1.26 bits per heavy atom. The fourth-order valence-corrected chi connectivity index (χ4v) is 1.84. The fourth-order valence-electron chi connectivity index (χ4n) is 1.84. The highest BCUT2D eigenvalue weighted by atomic mass is 16.4. The Morgan fingerprint density at radius 3 is 1.70 bits per heavy atom. The van der Waals surface area contributed by atoms with E-state index in [1.807, 2.05) is 0 Å². The van der Waals surface area contributed by atoms with Gasteiger partial charge in [-0.25, -0.2) is 9.59 Å². The molecule has 27 heavy (non-hydrogen) atoms. The largest absolute Gasteiger partial charge is 0.480 e. The van der Waals surface area contributed by atoms with Crippen molar-refractivity contribution in [1.82, 2.24) is 16.0 Å². The molecule has 2 unspecified atom stereocenters. The van der Waals surface area contributed by atoms with E-state index in [9.17, 15) is 28.8 Å². The molecule has 0 spiro atoms. The Bertz CT molecular complexity index is 594. The van der Waals surface area contributed by atoms with Crippen LogP contribution in [0.2, 0.25) is 0 Å². The summed E-state index contributed by atoms with van der Waals surface area (Å²) in [5, 5.41) is 24.3. The van der Waals surface area contributed by atoms with Crippen molar-refractivity contribution in [2.24, 2.45) is 11.5 Å². The van der Waals surface area contributed by atoms with Gasteiger partial charge in [0.15, 0.2) is 0 Å². The lowest BCUT2D eigenvalue weighted by Crippen LogP contribution is -2.46. The Balaban J connectivity index is 4.36. The molecule has 0 aromatic carbocycles. The van der Waals surface area contributed by atoms with Gasteiger partial charge in [0.2, 0.25) is 23.6 Å². The number of carbonyl (C=O) groups is 6. The molecule has 0 rings (SSSR count). The van der Waals surface area contributed by atoms with E-state index in [1.165, 1.54) is 0 Å². The van der Waals surface area contributed by atoms with Crippen molar-refractivity contribution < 1.29 is 39.0 Å². The molecule has 0 aliphatic rings. The number of primary amides is 1. The monoisotopic (exact) mass is 389 g/mol. The van der Waals surface area contributed by atoms with Crippen molar-refractivity contribution in [3.05, 3.63) is 0 Å². The zero-order chi connectivity index (χ0) is 21.0. The third-order valence-corrected chi connectivity index (χ3v) is 3.24. The Labute approximate surface area is 153 Å². The molecule has 0 saturated carbocycles. The number of aliphatic carboxylic acids is 2. The number of carbonyl (C=O) groups excluding carboxylic acids is 4. The number of nitrogens with one attached hydrogen (secondary N) is 3. The first kappa shape index (κ1) is 23.8. The van der Waals surface area contributed by atoms with Crippen molar-refractivity contribution in [2.75, 3.05) is 13.1 Å². The van der Waals surface area contributed by atoms with Crippen molar-refractivity contribution in [3.63, 3.8) is 0 Å². The van der Waals surface area contributed by atoms with Crippen LogP contribution in [-0.2, 0) is 28.8 Å². The number of hydrogen-bond donors (Lipinski definition) is 7. The third kappa shape index (κ3) is 11.1. The summed E-state index contributed by atoms with van der Waals surface area (Å²) < 4.78 is 0. The number of hydrogen-bond acceptors (Lipinski definition) is 7. The topological polar surface area (TPSA) is 231 Å². The summed E-state index contributed by atoms with van der Waals surface area (Å²) in [5.41, 5.74) is 9.97. The van der Waals surface area contributed by atoms with Crippen LogP contribution < -0.4 is 27.4 Å². The predicted octanol–water partition coefficient (Wildman–Crippen LogP) is -3.75. The average Bonchev–Trinajstić information content (AvgIpc) is 2.59. The summed E-state index contributed by atoms with van der Waals surface area (Å²) in [6.07, 6.45) is -0.982. The van der Waals surface area contributed by atoms with Crippen LogP contribution in [0, 0.1) is 0 Å². The molecule has 0 saturated heterocycles. The fraction of sp³-hybridized carbons (Fsp3) is 0.571. The second-order valence-electron chi connectivity index (χ2n) is 5.44. The van der Waals surface area contributed by atoms with Crippen molar-refractivity contribution >= 4 is 35.6 Å². The molecule has 0 heterocycles. The van der Waals surface area contributed by atoms with Gasteiger partial charge in [-0.1, -0.05) is 0 Å². The maximum absolute atomic E-state index is 11.7. The molecule has 0 radical (unpaired) electrons. The van der Waals surface area contributed by atoms with Crippen molar-refractivity contribution in [3.8, 4) is 0 Å². The van der Waals surface area contributed by atoms with Gasteiger partial charge in [-0.05, 0) is 12.8 Å². The van der Waals surface area contributed by atoms with Gasteiger partial charge >= 0.3 is 11.9 Å². The van der Waals surface area contributed by atoms with E-state index < -0.39 is 60.7 Å². The first-order valence-electron chi connectivity index (χ1n) is 7.86. The van der Waals surface area contributed by atoms with Gasteiger partial charge < -0.3 is 37.6 Å². The molecular formula is C14H23N5O8. The number of carboxylic acid groups (broad SMARTS) is 2. The Kier molecular flexibility index (Phi) is 10.7. The SMILES string of the molecule is NCC(=O)NC(CCC(=O)NCC(=O)NC(CCC(N)=O)C(=O)O)C(=O)O. The van der Waals surface area contributed by atoms with E-state index >= 15 is 0 Å². The smallest absolute Gasteiger partial charge is 0.326 e. The minimum absolute atomic E-state index is 0.203. The minimum Gasteiger partial charge on any atom is -0.480 e. The first-order chi connectivity index (χ1) is 12.6. The molecule has 0 aromatic rings. The number of rotatable bonds is 13. The lowest BCUT2D eigenvalue weighted by atomic mass is 10.1. The van der Waals surface area contributed by atoms with Gasteiger partial charge in [-0.15, -0.1) is 0 Å². The summed E-state index contributed by atoms with van der Waals surface area (Å²) in [6, 6.07) is -2.66. The lowest BCUT2D eigenvalue weighted by Gasteiger charge is -2.15. The second-order valence-corrected chi connectivity index (χ2v) is 5.44. The lowest BCUT2D eigenvalue weighted by molar-refractivity contribution is -0.142. The molecule has 0 bridgehead atoms. The van der Waals surface area contributed by atoms with Gasteiger partial charge in [-0.2, -0.15) is 0 Å². The molecule has 9 N–H and O–H groups in total. The van der Waals surface area contributed by atoms with E-state index in [1.54, 1.807) is 0 Å². The zero-order valence-electron chi connectivity index (χ0n) is 14.4. The maximum Gasteiger partial charge on any atom is 0.326 e. The Morgan fingerprint density at radius 1 is 0.778 bits per heavy atom. The molecule has 0 aromatic heterocycles. The summed E-state index contributed by atoms with van der Waals surface area (Å²) in [5.74, 6) is -5.62. The number of amides is 4. The second kappa shape index (κ2) is 12.2. The van der Waals surface area contributed by atoms with Gasteiger partial charge in [0.05, 0.1) is 13.1 Å². The molecule has 13 heteroatoms. The minimum atomic E-state index is -1.36. The van der Waals surface area contributed by atoms with Crippen LogP contribution in [0.4, 0.5) is 0 Å². The van der Waals surface area contributed by atoms with Crippen LogP contribution >= 0.6 is 0 Å². The highest BCUT2D eigenvalue weighted by Gasteiger charge is 2.22. The molecular weight excluding hydrogens is 366 g/mol. The van der Waals surface area contributed by atoms with Crippen molar-refractivity contribution in [1.29, 1.82) is 0 Å². The third-order valence-electron chi connectivity index (χ3n) is 3.24. The van der Waals surface area contributed by atoms with Crippen LogP contribution in [-0.4, -0.2) is 71.0 Å². The van der Waals surface area contributed by atoms with Crippen LogP contribution in [0.1, 0.15) is 25.7 Å². The van der Waals surface area contributed by atoms with E-state index in [0.29, 0.717) is 0 Å². The highest BCUT2D eigenvalue weighted by Crippen LogP contribution is 1.99. The molecule has 0 fully saturated rings. The van der Waals surface area contributed by atoms with Crippen LogP contribution in [0.5, 0.6) is 0 Å². The predicted molar refractivity (Wildman–Crippen MR) is 88.9 cm³/mol. The highest BCUT2D eigenvalue weighted by molar-refractivity contribution is 5.89. The first-order valence-corrected chi connectivity index (χ1v) is 7.86. The van der Waals surface area contributed by atoms with Gasteiger partial charge in [0, 0.05) is 12.8 Å². The molecule has 0 aliphatic carbocycles. The number of nitrogens with two attached hydrogens (primary N) is 2. The quantitative estimate of drug-likeness (QED) is 0.164. The van der Waals surface area contributed by atoms with Crippen LogP contribution in [0.25, 0.3) is 0 Å². The van der Waals surface area contributed by atoms with Gasteiger partial charge in [0.25, 0.3) is 0 Å². The van der Waals surface area contributed by atoms with Crippen molar-refractivity contribution in [2.45, 2.75) is 37.8 Å². The summed E-state index contributed by atoms with van der Waals surface area (Å²) >= 11 is 0. The van der Waals surface area contributed by atoms with E-state index in [-0.39, 0.29) is 25.7 Å². The van der Waals surface area contributed by atoms with Crippen LogP contribution in [0.3, 0.4) is 0 Å². The summed E-state index contributed by atoms with van der Waals surface area (Å²) in [7, 11) is 0. The van der Waals surface area contributed by atoms with Gasteiger partial charge in [0.1, 0.15) is 12.1 Å². The van der Waals surface area contributed by atoms with Crippen LogP contribution in [0.15, 0.2) is 0 Å².